The van der Waals surface area contributed by atoms with Crippen LogP contribution in [-0.2, 0) is 20.9 Å². The monoisotopic (exact) mass is 552 g/mol. The number of methoxy groups -OCH3 is 2. The van der Waals surface area contributed by atoms with Gasteiger partial charge in [0.2, 0.25) is 11.8 Å². The highest BCUT2D eigenvalue weighted by Gasteiger charge is 2.35. The number of ether oxygens (including phenoxy) is 3. The number of nitrogens with zero attached hydrogens (tertiary/aromatic N) is 5. The van der Waals surface area contributed by atoms with Gasteiger partial charge in [-0.2, -0.15) is 0 Å². The zero-order valence-electron chi connectivity index (χ0n) is 24.1. The molecule has 1 aliphatic heterocycles. The minimum absolute atomic E-state index is 0.0577. The molecule has 11 nitrogen and oxygen atoms in total. The number of carbonyl (C=O) groups excluding carboxylic acids is 2. The highest BCUT2D eigenvalue weighted by Crippen LogP contribution is 2.33. The molecule has 0 aliphatic carbocycles. The van der Waals surface area contributed by atoms with Crippen LogP contribution >= 0.6 is 0 Å². The van der Waals surface area contributed by atoms with Gasteiger partial charge >= 0.3 is 0 Å². The lowest BCUT2D eigenvalue weighted by atomic mass is 9.98. The zero-order valence-corrected chi connectivity index (χ0v) is 24.1. The molecule has 2 amide bonds. The van der Waals surface area contributed by atoms with Crippen LogP contribution in [0.15, 0.2) is 42.5 Å². The molecular formula is C29H40N6O5. The van der Waals surface area contributed by atoms with Crippen molar-refractivity contribution in [3.63, 3.8) is 0 Å². The SMILES string of the molecule is CCC(C)(C)NC(=O)[C@H](c1ccc(OC)c(OC)c1)N(CCN1CCOCC1)C(=O)Cn1nnc2ccccc21. The molecule has 1 N–H and O–H groups in total. The second-order valence-electron chi connectivity index (χ2n) is 10.5. The summed E-state index contributed by atoms with van der Waals surface area (Å²) in [6.07, 6.45) is 0.726. The molecule has 0 radical (unpaired) electrons. The number of hydrogen-bond acceptors (Lipinski definition) is 8. The Balaban J connectivity index is 1.73. The van der Waals surface area contributed by atoms with E-state index in [1.165, 1.54) is 0 Å². The van der Waals surface area contributed by atoms with Crippen molar-refractivity contribution < 1.29 is 23.8 Å². The van der Waals surface area contributed by atoms with Gasteiger partial charge in [-0.05, 0) is 50.1 Å². The van der Waals surface area contributed by atoms with Crippen LogP contribution in [0.5, 0.6) is 11.5 Å². The first-order chi connectivity index (χ1) is 19.3. The maximum atomic E-state index is 14.1. The summed E-state index contributed by atoms with van der Waals surface area (Å²) >= 11 is 0. The Bertz CT molecular complexity index is 1300. The van der Waals surface area contributed by atoms with Crippen LogP contribution in [0.25, 0.3) is 11.0 Å². The number of aromatic nitrogens is 3. The highest BCUT2D eigenvalue weighted by atomic mass is 16.5. The quantitative estimate of drug-likeness (QED) is 0.365. The normalized spacial score (nSPS) is 15.0. The van der Waals surface area contributed by atoms with Crippen molar-refractivity contribution >= 4 is 22.8 Å². The van der Waals surface area contributed by atoms with Crippen molar-refractivity contribution in [2.24, 2.45) is 0 Å². The van der Waals surface area contributed by atoms with E-state index >= 15 is 0 Å². The van der Waals surface area contributed by atoms with Gasteiger partial charge in [-0.1, -0.05) is 30.3 Å². The van der Waals surface area contributed by atoms with Crippen molar-refractivity contribution in [2.45, 2.75) is 45.3 Å². The van der Waals surface area contributed by atoms with E-state index in [1.807, 2.05) is 51.1 Å². The third-order valence-electron chi connectivity index (χ3n) is 7.42. The molecule has 216 valence electrons. The predicted octanol–water partition coefficient (Wildman–Crippen LogP) is 2.66. The Morgan fingerprint density at radius 3 is 2.52 bits per heavy atom. The number of fused-ring (bicyclic) bond motifs is 1. The van der Waals surface area contributed by atoms with Crippen LogP contribution in [0.2, 0.25) is 0 Å². The van der Waals surface area contributed by atoms with Crippen LogP contribution in [0.3, 0.4) is 0 Å². The summed E-state index contributed by atoms with van der Waals surface area (Å²) in [5, 5.41) is 11.6. The summed E-state index contributed by atoms with van der Waals surface area (Å²) in [6, 6.07) is 11.9. The summed E-state index contributed by atoms with van der Waals surface area (Å²) in [5.41, 5.74) is 1.62. The summed E-state index contributed by atoms with van der Waals surface area (Å²) < 4.78 is 18.1. The van der Waals surface area contributed by atoms with Crippen LogP contribution in [0.4, 0.5) is 0 Å². The molecule has 2 heterocycles. The average Bonchev–Trinajstić information content (AvgIpc) is 3.37. The Labute approximate surface area is 235 Å². The smallest absolute Gasteiger partial charge is 0.247 e. The van der Waals surface area contributed by atoms with Gasteiger partial charge in [0.1, 0.15) is 18.1 Å². The minimum Gasteiger partial charge on any atom is -0.493 e. The lowest BCUT2D eigenvalue weighted by molar-refractivity contribution is -0.142. The summed E-state index contributed by atoms with van der Waals surface area (Å²) in [5.74, 6) is 0.515. The molecule has 1 fully saturated rings. The topological polar surface area (TPSA) is 111 Å². The molecule has 1 atom stereocenters. The lowest BCUT2D eigenvalue weighted by Gasteiger charge is -2.36. The van der Waals surface area contributed by atoms with Crippen LogP contribution in [-0.4, -0.2) is 95.8 Å². The van der Waals surface area contributed by atoms with Crippen LogP contribution in [0, 0.1) is 0 Å². The van der Waals surface area contributed by atoms with Crippen molar-refractivity contribution in [1.82, 2.24) is 30.1 Å². The first-order valence-electron chi connectivity index (χ1n) is 13.7. The third kappa shape index (κ3) is 6.89. The molecule has 0 saturated carbocycles. The van der Waals surface area contributed by atoms with Gasteiger partial charge in [-0.15, -0.1) is 5.10 Å². The van der Waals surface area contributed by atoms with Gasteiger partial charge in [0.05, 0.1) is 33.0 Å². The van der Waals surface area contributed by atoms with E-state index in [-0.39, 0.29) is 18.4 Å². The number of morpholine rings is 1. The molecule has 0 unspecified atom stereocenters. The number of para-hydroxylation sites is 1. The molecule has 40 heavy (non-hydrogen) atoms. The predicted molar refractivity (Wildman–Crippen MR) is 151 cm³/mol. The number of benzene rings is 2. The Kier molecular flexibility index (Phi) is 9.59. The standard InChI is InChI=1S/C29H40N6O5/c1-6-29(2,3)30-28(37)27(21-11-12-24(38-4)25(19-21)39-5)34(14-13-33-15-17-40-18-16-33)26(36)20-35-23-10-8-7-9-22(23)31-32-35/h7-12,19,27H,6,13-18,20H2,1-5H3,(H,30,37)/t27-/m0/s1. The van der Waals surface area contributed by atoms with Crippen molar-refractivity contribution in [2.75, 3.05) is 53.6 Å². The van der Waals surface area contributed by atoms with E-state index in [2.05, 4.69) is 20.5 Å². The fourth-order valence-corrected chi connectivity index (χ4v) is 4.71. The van der Waals surface area contributed by atoms with Crippen LogP contribution < -0.4 is 14.8 Å². The molecule has 0 spiro atoms. The molecular weight excluding hydrogens is 512 g/mol. The fourth-order valence-electron chi connectivity index (χ4n) is 4.71. The third-order valence-corrected chi connectivity index (χ3v) is 7.42. The van der Waals surface area contributed by atoms with Crippen molar-refractivity contribution in [1.29, 1.82) is 0 Å². The van der Waals surface area contributed by atoms with E-state index in [0.717, 1.165) is 25.0 Å². The Morgan fingerprint density at radius 2 is 1.82 bits per heavy atom. The molecule has 1 aromatic heterocycles. The second kappa shape index (κ2) is 13.1. The number of hydrogen-bond donors (Lipinski definition) is 1. The number of amides is 2. The van der Waals surface area contributed by atoms with Gasteiger partial charge in [0.25, 0.3) is 0 Å². The lowest BCUT2D eigenvalue weighted by Crippen LogP contribution is -2.52. The molecule has 3 aromatic rings. The van der Waals surface area contributed by atoms with Gasteiger partial charge < -0.3 is 24.4 Å². The molecule has 0 bridgehead atoms. The summed E-state index contributed by atoms with van der Waals surface area (Å²) in [6.45, 7) is 9.66. The highest BCUT2D eigenvalue weighted by molar-refractivity contribution is 5.89. The van der Waals surface area contributed by atoms with Crippen molar-refractivity contribution in [3.8, 4) is 11.5 Å². The van der Waals surface area contributed by atoms with E-state index < -0.39 is 11.6 Å². The van der Waals surface area contributed by atoms with Gasteiger partial charge in [-0.25, -0.2) is 4.68 Å². The second-order valence-corrected chi connectivity index (χ2v) is 10.5. The molecule has 4 rings (SSSR count). The number of carbonyl (C=O) groups is 2. The van der Waals surface area contributed by atoms with Gasteiger partial charge in [-0.3, -0.25) is 14.5 Å². The van der Waals surface area contributed by atoms with E-state index in [0.29, 0.717) is 48.9 Å². The van der Waals surface area contributed by atoms with E-state index in [9.17, 15) is 9.59 Å². The summed E-state index contributed by atoms with van der Waals surface area (Å²) in [4.78, 5) is 32.0. The molecule has 11 heteroatoms. The van der Waals surface area contributed by atoms with E-state index in [1.54, 1.807) is 35.9 Å². The minimum atomic E-state index is -0.908. The van der Waals surface area contributed by atoms with Crippen LogP contribution in [0.1, 0.15) is 38.8 Å². The average molecular weight is 553 g/mol. The Hall–Kier alpha value is -3.70. The van der Waals surface area contributed by atoms with Gasteiger partial charge in [0, 0.05) is 31.7 Å². The Morgan fingerprint density at radius 1 is 1.10 bits per heavy atom. The molecule has 2 aromatic carbocycles. The molecule has 1 saturated heterocycles. The largest absolute Gasteiger partial charge is 0.493 e. The van der Waals surface area contributed by atoms with Gasteiger partial charge in [0.15, 0.2) is 11.5 Å². The van der Waals surface area contributed by atoms with E-state index in [4.69, 9.17) is 14.2 Å². The summed E-state index contributed by atoms with van der Waals surface area (Å²) in [7, 11) is 3.11. The maximum absolute atomic E-state index is 14.1. The fraction of sp³-hybridized carbons (Fsp3) is 0.517. The first kappa shape index (κ1) is 29.3. The number of rotatable bonds is 12. The maximum Gasteiger partial charge on any atom is 0.247 e. The first-order valence-corrected chi connectivity index (χ1v) is 13.7. The van der Waals surface area contributed by atoms with Crippen molar-refractivity contribution in [3.05, 3.63) is 48.0 Å². The molecule has 1 aliphatic rings. The zero-order chi connectivity index (χ0) is 28.7. The number of nitrogens with one attached hydrogen (secondary N) is 1.